The number of alkyl halides is 2. The Balaban J connectivity index is 2.24. The van der Waals surface area contributed by atoms with Crippen molar-refractivity contribution < 1.29 is 22.8 Å². The third-order valence-corrected chi connectivity index (χ3v) is 2.85. The average molecular weight is 310 g/mol. The van der Waals surface area contributed by atoms with Gasteiger partial charge >= 0.3 is 6.61 Å². The summed E-state index contributed by atoms with van der Waals surface area (Å²) in [7, 11) is 0. The van der Waals surface area contributed by atoms with Gasteiger partial charge in [0.1, 0.15) is 11.4 Å². The van der Waals surface area contributed by atoms with E-state index in [0.29, 0.717) is 23.7 Å². The number of nitrogens with two attached hydrogens (primary N) is 1. The molecule has 0 amide bonds. The lowest BCUT2D eigenvalue weighted by molar-refractivity contribution is -0.0514. The first-order chi connectivity index (χ1) is 10.5. The summed E-state index contributed by atoms with van der Waals surface area (Å²) in [6.07, 6.45) is 3.40. The molecule has 0 bridgehead atoms. The molecule has 0 aliphatic rings. The van der Waals surface area contributed by atoms with Crippen LogP contribution in [0, 0.1) is 6.92 Å². The van der Waals surface area contributed by atoms with E-state index < -0.39 is 6.61 Å². The SMILES string of the molecule is CCOc1cc(C=Cc2noc(C)c2N)ccc1OC(F)F. The number of hydrogen-bond acceptors (Lipinski definition) is 5. The smallest absolute Gasteiger partial charge is 0.387 e. The minimum Gasteiger partial charge on any atom is -0.490 e. The minimum absolute atomic E-state index is 0.00852. The van der Waals surface area contributed by atoms with Gasteiger partial charge in [-0.25, -0.2) is 0 Å². The van der Waals surface area contributed by atoms with Crippen molar-refractivity contribution in [1.29, 1.82) is 0 Å². The number of nitrogens with zero attached hydrogens (tertiary/aromatic N) is 1. The fourth-order valence-corrected chi connectivity index (χ4v) is 1.78. The highest BCUT2D eigenvalue weighted by atomic mass is 19.3. The molecule has 0 spiro atoms. The number of hydrogen-bond donors (Lipinski definition) is 1. The maximum absolute atomic E-state index is 12.3. The fraction of sp³-hybridized carbons (Fsp3) is 0.267. The molecule has 2 rings (SSSR count). The van der Waals surface area contributed by atoms with Gasteiger partial charge in [0.25, 0.3) is 0 Å². The fourth-order valence-electron chi connectivity index (χ4n) is 1.78. The molecule has 0 atom stereocenters. The quantitative estimate of drug-likeness (QED) is 0.880. The van der Waals surface area contributed by atoms with Gasteiger partial charge in [-0.3, -0.25) is 0 Å². The van der Waals surface area contributed by atoms with Crippen molar-refractivity contribution in [3.8, 4) is 11.5 Å². The molecule has 1 aromatic heterocycles. The highest BCUT2D eigenvalue weighted by Crippen LogP contribution is 2.30. The summed E-state index contributed by atoms with van der Waals surface area (Å²) in [5.41, 5.74) is 7.48. The van der Waals surface area contributed by atoms with Crippen molar-refractivity contribution in [3.05, 3.63) is 35.2 Å². The van der Waals surface area contributed by atoms with E-state index in [0.717, 1.165) is 5.56 Å². The van der Waals surface area contributed by atoms with Gasteiger partial charge in [-0.05, 0) is 37.6 Å². The van der Waals surface area contributed by atoms with E-state index in [2.05, 4.69) is 9.89 Å². The number of aromatic nitrogens is 1. The van der Waals surface area contributed by atoms with Crippen LogP contribution in [-0.2, 0) is 0 Å². The molecule has 1 heterocycles. The van der Waals surface area contributed by atoms with E-state index in [1.165, 1.54) is 6.07 Å². The largest absolute Gasteiger partial charge is 0.490 e. The van der Waals surface area contributed by atoms with Crippen LogP contribution in [0.2, 0.25) is 0 Å². The molecule has 0 aliphatic heterocycles. The molecule has 0 saturated heterocycles. The van der Waals surface area contributed by atoms with Crippen molar-refractivity contribution >= 4 is 17.8 Å². The summed E-state index contributed by atoms with van der Waals surface area (Å²) >= 11 is 0. The lowest BCUT2D eigenvalue weighted by atomic mass is 10.1. The lowest BCUT2D eigenvalue weighted by Crippen LogP contribution is -2.04. The normalized spacial score (nSPS) is 11.3. The molecule has 0 unspecified atom stereocenters. The van der Waals surface area contributed by atoms with Gasteiger partial charge < -0.3 is 19.7 Å². The highest BCUT2D eigenvalue weighted by Gasteiger charge is 2.11. The van der Waals surface area contributed by atoms with E-state index in [-0.39, 0.29) is 11.5 Å². The number of nitrogen functional groups attached to an aromatic ring is 1. The number of rotatable bonds is 6. The van der Waals surface area contributed by atoms with Crippen molar-refractivity contribution in [2.24, 2.45) is 0 Å². The van der Waals surface area contributed by atoms with E-state index in [1.807, 2.05) is 0 Å². The Morgan fingerprint density at radius 2 is 2.09 bits per heavy atom. The molecular formula is C15H16F2N2O3. The Morgan fingerprint density at radius 3 is 2.68 bits per heavy atom. The van der Waals surface area contributed by atoms with Crippen molar-refractivity contribution in [1.82, 2.24) is 5.16 Å². The molecule has 7 heteroatoms. The van der Waals surface area contributed by atoms with E-state index >= 15 is 0 Å². The number of aryl methyl sites for hydroxylation is 1. The van der Waals surface area contributed by atoms with Crippen LogP contribution in [0.4, 0.5) is 14.5 Å². The molecule has 5 nitrogen and oxygen atoms in total. The Labute approximate surface area is 126 Å². The predicted molar refractivity (Wildman–Crippen MR) is 78.8 cm³/mol. The summed E-state index contributed by atoms with van der Waals surface area (Å²) in [6.45, 7) is 0.900. The summed E-state index contributed by atoms with van der Waals surface area (Å²) in [5.74, 6) is 0.774. The van der Waals surface area contributed by atoms with Crippen LogP contribution in [0.25, 0.3) is 12.2 Å². The molecule has 0 saturated carbocycles. The first-order valence-electron chi connectivity index (χ1n) is 6.62. The van der Waals surface area contributed by atoms with Crippen LogP contribution < -0.4 is 15.2 Å². The molecule has 2 aromatic rings. The van der Waals surface area contributed by atoms with Gasteiger partial charge in [-0.1, -0.05) is 17.3 Å². The number of ether oxygens (including phenoxy) is 2. The maximum atomic E-state index is 12.3. The van der Waals surface area contributed by atoms with Crippen LogP contribution in [0.1, 0.15) is 23.9 Å². The van der Waals surface area contributed by atoms with Gasteiger partial charge in [0, 0.05) is 0 Å². The Morgan fingerprint density at radius 1 is 1.32 bits per heavy atom. The Hall–Kier alpha value is -2.57. The molecule has 118 valence electrons. The third kappa shape index (κ3) is 3.75. The molecule has 0 radical (unpaired) electrons. The van der Waals surface area contributed by atoms with Crippen LogP contribution in [0.5, 0.6) is 11.5 Å². The van der Waals surface area contributed by atoms with Crippen molar-refractivity contribution in [3.63, 3.8) is 0 Å². The van der Waals surface area contributed by atoms with Gasteiger partial charge in [0.05, 0.1) is 6.61 Å². The summed E-state index contributed by atoms with van der Waals surface area (Å²) in [5, 5.41) is 3.80. The Bertz CT molecular complexity index is 669. The average Bonchev–Trinajstić information content (AvgIpc) is 2.79. The van der Waals surface area contributed by atoms with Gasteiger partial charge in [0.2, 0.25) is 0 Å². The zero-order valence-corrected chi connectivity index (χ0v) is 12.2. The second-order valence-corrected chi connectivity index (χ2v) is 4.39. The van der Waals surface area contributed by atoms with Crippen molar-refractivity contribution in [2.45, 2.75) is 20.5 Å². The summed E-state index contributed by atoms with van der Waals surface area (Å²) in [4.78, 5) is 0. The Kier molecular flexibility index (Phi) is 4.98. The summed E-state index contributed by atoms with van der Waals surface area (Å²) < 4.78 is 39.3. The first kappa shape index (κ1) is 15.8. The number of anilines is 1. The van der Waals surface area contributed by atoms with Gasteiger partial charge in [-0.2, -0.15) is 8.78 Å². The second kappa shape index (κ2) is 6.93. The van der Waals surface area contributed by atoms with Gasteiger partial charge in [-0.15, -0.1) is 0 Å². The van der Waals surface area contributed by atoms with Crippen LogP contribution in [0.3, 0.4) is 0 Å². The molecule has 0 aliphatic carbocycles. The predicted octanol–water partition coefficient (Wildman–Crippen LogP) is 3.74. The lowest BCUT2D eigenvalue weighted by Gasteiger charge is -2.11. The molecule has 22 heavy (non-hydrogen) atoms. The van der Waals surface area contributed by atoms with Crippen LogP contribution in [0.15, 0.2) is 22.7 Å². The topological polar surface area (TPSA) is 70.5 Å². The number of halogens is 2. The standard InChI is InChI=1S/C15H16F2N2O3/c1-3-20-13-8-10(5-7-12(13)21-15(16)17)4-6-11-14(18)9(2)22-19-11/h4-8,15H,3,18H2,1-2H3. The zero-order valence-electron chi connectivity index (χ0n) is 12.2. The highest BCUT2D eigenvalue weighted by molar-refractivity contribution is 5.74. The summed E-state index contributed by atoms with van der Waals surface area (Å²) in [6, 6.07) is 4.65. The second-order valence-electron chi connectivity index (χ2n) is 4.39. The van der Waals surface area contributed by atoms with Crippen molar-refractivity contribution in [2.75, 3.05) is 12.3 Å². The van der Waals surface area contributed by atoms with Crippen LogP contribution in [-0.4, -0.2) is 18.4 Å². The monoisotopic (exact) mass is 310 g/mol. The molecular weight excluding hydrogens is 294 g/mol. The van der Waals surface area contributed by atoms with Gasteiger partial charge in [0.15, 0.2) is 17.3 Å². The molecule has 1 aromatic carbocycles. The third-order valence-electron chi connectivity index (χ3n) is 2.85. The van der Waals surface area contributed by atoms with Crippen LogP contribution >= 0.6 is 0 Å². The zero-order chi connectivity index (χ0) is 16.1. The van der Waals surface area contributed by atoms with E-state index in [4.69, 9.17) is 15.0 Å². The van der Waals surface area contributed by atoms with E-state index in [9.17, 15) is 8.78 Å². The van der Waals surface area contributed by atoms with E-state index in [1.54, 1.807) is 38.1 Å². The molecule has 2 N–H and O–H groups in total. The molecule has 0 fully saturated rings. The maximum Gasteiger partial charge on any atom is 0.387 e. The minimum atomic E-state index is -2.90. The first-order valence-corrected chi connectivity index (χ1v) is 6.62. The number of benzene rings is 1.